The maximum Gasteiger partial charge on any atom is 0.127 e. The van der Waals surface area contributed by atoms with Crippen LogP contribution in [0.2, 0.25) is 0 Å². The number of fused-ring (bicyclic) bond motifs is 1. The van der Waals surface area contributed by atoms with Gasteiger partial charge < -0.3 is 9.64 Å². The van der Waals surface area contributed by atoms with Crippen LogP contribution < -0.4 is 9.64 Å². The summed E-state index contributed by atoms with van der Waals surface area (Å²) in [6.07, 6.45) is 1.11. The Balaban J connectivity index is 2.57. The van der Waals surface area contributed by atoms with E-state index in [0.29, 0.717) is 0 Å². The van der Waals surface area contributed by atoms with Crippen molar-refractivity contribution in [2.75, 3.05) is 25.6 Å². The highest BCUT2D eigenvalue weighted by molar-refractivity contribution is 5.64. The average Bonchev–Trinajstić information content (AvgIpc) is 2.48. The fourth-order valence-corrected chi connectivity index (χ4v) is 2.02. The summed E-state index contributed by atoms with van der Waals surface area (Å²) in [7, 11) is 3.88. The van der Waals surface area contributed by atoms with Gasteiger partial charge in [-0.2, -0.15) is 0 Å². The van der Waals surface area contributed by atoms with Crippen LogP contribution in [0.4, 0.5) is 5.69 Å². The largest absolute Gasteiger partial charge is 0.496 e. The lowest BCUT2D eigenvalue weighted by molar-refractivity contribution is 0.408. The summed E-state index contributed by atoms with van der Waals surface area (Å²) in [5.41, 5.74) is 3.92. The van der Waals surface area contributed by atoms with Crippen molar-refractivity contribution in [3.63, 3.8) is 0 Å². The molecule has 1 aromatic carbocycles. The summed E-state index contributed by atoms with van der Waals surface area (Å²) >= 11 is 0. The molecule has 2 rings (SSSR count). The fourth-order valence-electron chi connectivity index (χ4n) is 2.02. The van der Waals surface area contributed by atoms with Crippen molar-refractivity contribution < 1.29 is 4.74 Å². The Kier molecular flexibility index (Phi) is 1.91. The highest BCUT2D eigenvalue weighted by Crippen LogP contribution is 2.36. The van der Waals surface area contributed by atoms with Gasteiger partial charge in [0.15, 0.2) is 0 Å². The third kappa shape index (κ3) is 1.17. The molecule has 0 saturated carbocycles. The summed E-state index contributed by atoms with van der Waals surface area (Å²) < 4.78 is 5.41. The topological polar surface area (TPSA) is 12.5 Å². The second-order valence-electron chi connectivity index (χ2n) is 3.58. The van der Waals surface area contributed by atoms with Crippen molar-refractivity contribution in [1.82, 2.24) is 0 Å². The smallest absolute Gasteiger partial charge is 0.127 e. The highest BCUT2D eigenvalue weighted by atomic mass is 16.5. The quantitative estimate of drug-likeness (QED) is 0.650. The highest BCUT2D eigenvalue weighted by Gasteiger charge is 2.20. The van der Waals surface area contributed by atoms with Crippen LogP contribution in [0.3, 0.4) is 0 Å². The Morgan fingerprint density at radius 2 is 2.15 bits per heavy atom. The molecule has 0 bridgehead atoms. The van der Waals surface area contributed by atoms with Crippen LogP contribution in [0.1, 0.15) is 11.1 Å². The van der Waals surface area contributed by atoms with Gasteiger partial charge >= 0.3 is 0 Å². The Labute approximate surface area is 79.1 Å². The Morgan fingerprint density at radius 3 is 2.85 bits per heavy atom. The molecule has 1 aromatic rings. The number of anilines is 1. The van der Waals surface area contributed by atoms with E-state index in [1.165, 1.54) is 16.8 Å². The molecule has 0 aliphatic carbocycles. The maximum atomic E-state index is 5.41. The van der Waals surface area contributed by atoms with E-state index in [4.69, 9.17) is 4.74 Å². The number of nitrogens with zero attached hydrogens (tertiary/aromatic N) is 1. The molecule has 0 radical (unpaired) electrons. The molecule has 1 aliphatic heterocycles. The van der Waals surface area contributed by atoms with Gasteiger partial charge in [-0.05, 0) is 25.0 Å². The lowest BCUT2D eigenvalue weighted by Gasteiger charge is -2.14. The number of rotatable bonds is 1. The average molecular weight is 177 g/mol. The Morgan fingerprint density at radius 1 is 1.38 bits per heavy atom. The monoisotopic (exact) mass is 177 g/mol. The summed E-state index contributed by atoms with van der Waals surface area (Å²) in [4.78, 5) is 2.28. The maximum absolute atomic E-state index is 5.41. The third-order valence-corrected chi connectivity index (χ3v) is 2.75. The van der Waals surface area contributed by atoms with Crippen LogP contribution in [0.5, 0.6) is 5.75 Å². The minimum absolute atomic E-state index is 1.07. The Hall–Kier alpha value is -1.18. The van der Waals surface area contributed by atoms with Crippen LogP contribution in [-0.4, -0.2) is 20.7 Å². The van der Waals surface area contributed by atoms with Gasteiger partial charge in [0, 0.05) is 24.8 Å². The zero-order chi connectivity index (χ0) is 9.42. The van der Waals surface area contributed by atoms with Gasteiger partial charge in [-0.25, -0.2) is 0 Å². The van der Waals surface area contributed by atoms with E-state index in [-0.39, 0.29) is 0 Å². The first kappa shape index (κ1) is 8.42. The predicted molar refractivity (Wildman–Crippen MR) is 54.7 cm³/mol. The molecule has 2 heteroatoms. The second kappa shape index (κ2) is 2.95. The Bertz CT molecular complexity index is 333. The van der Waals surface area contributed by atoms with E-state index in [1.54, 1.807) is 7.11 Å². The van der Waals surface area contributed by atoms with Gasteiger partial charge in [0.2, 0.25) is 0 Å². The van der Waals surface area contributed by atoms with Gasteiger partial charge in [-0.15, -0.1) is 0 Å². The number of hydrogen-bond donors (Lipinski definition) is 0. The molecule has 0 N–H and O–H groups in total. The molecule has 0 fully saturated rings. The lowest BCUT2D eigenvalue weighted by Crippen LogP contribution is -2.12. The van der Waals surface area contributed by atoms with Crippen LogP contribution in [0, 0.1) is 6.92 Å². The summed E-state index contributed by atoms with van der Waals surface area (Å²) in [5, 5.41) is 0. The summed E-state index contributed by atoms with van der Waals surface area (Å²) in [6.45, 7) is 3.20. The first-order valence-electron chi connectivity index (χ1n) is 4.61. The van der Waals surface area contributed by atoms with Crippen molar-refractivity contribution in [1.29, 1.82) is 0 Å². The normalized spacial score (nSPS) is 14.5. The lowest BCUT2D eigenvalue weighted by atomic mass is 10.1. The van der Waals surface area contributed by atoms with Crippen LogP contribution in [0.25, 0.3) is 0 Å². The molecule has 1 heterocycles. The minimum atomic E-state index is 1.07. The zero-order valence-electron chi connectivity index (χ0n) is 8.42. The number of ether oxygens (including phenoxy) is 1. The van der Waals surface area contributed by atoms with E-state index in [9.17, 15) is 0 Å². The van der Waals surface area contributed by atoms with Crippen LogP contribution in [0.15, 0.2) is 12.1 Å². The van der Waals surface area contributed by atoms with Crippen molar-refractivity contribution in [3.05, 3.63) is 23.3 Å². The molecule has 2 nitrogen and oxygen atoms in total. The van der Waals surface area contributed by atoms with Gasteiger partial charge in [0.1, 0.15) is 5.75 Å². The predicted octanol–water partition coefficient (Wildman–Crippen LogP) is 2.00. The van der Waals surface area contributed by atoms with Crippen molar-refractivity contribution >= 4 is 5.69 Å². The molecular weight excluding hydrogens is 162 g/mol. The van der Waals surface area contributed by atoms with Gasteiger partial charge in [-0.1, -0.05) is 6.07 Å². The zero-order valence-corrected chi connectivity index (χ0v) is 8.42. The molecule has 0 unspecified atom stereocenters. The van der Waals surface area contributed by atoms with E-state index < -0.39 is 0 Å². The molecule has 0 saturated heterocycles. The fraction of sp³-hybridized carbons (Fsp3) is 0.455. The number of aryl methyl sites for hydroxylation is 1. The first-order chi connectivity index (χ1) is 6.24. The van der Waals surface area contributed by atoms with Gasteiger partial charge in [-0.3, -0.25) is 0 Å². The van der Waals surface area contributed by atoms with E-state index in [2.05, 4.69) is 31.0 Å². The summed E-state index contributed by atoms with van der Waals surface area (Å²) in [5.74, 6) is 1.07. The van der Waals surface area contributed by atoms with Crippen molar-refractivity contribution in [3.8, 4) is 5.75 Å². The number of hydrogen-bond acceptors (Lipinski definition) is 2. The van der Waals surface area contributed by atoms with E-state index >= 15 is 0 Å². The van der Waals surface area contributed by atoms with Gasteiger partial charge in [0.25, 0.3) is 0 Å². The van der Waals surface area contributed by atoms with Crippen LogP contribution >= 0.6 is 0 Å². The molecular formula is C11H15NO. The van der Waals surface area contributed by atoms with Gasteiger partial charge in [0.05, 0.1) is 7.11 Å². The van der Waals surface area contributed by atoms with Crippen LogP contribution in [-0.2, 0) is 6.42 Å². The summed E-state index contributed by atoms with van der Waals surface area (Å²) in [6, 6.07) is 4.31. The molecule has 1 aliphatic rings. The molecule has 0 spiro atoms. The minimum Gasteiger partial charge on any atom is -0.496 e. The second-order valence-corrected chi connectivity index (χ2v) is 3.58. The van der Waals surface area contributed by atoms with E-state index in [1.807, 2.05) is 0 Å². The standard InChI is InChI=1S/C11H15NO/c1-8-4-5-10-9(11(8)13-3)6-7-12(10)2/h4-5H,6-7H2,1-3H3. The molecule has 0 aromatic heterocycles. The molecule has 0 atom stereocenters. The first-order valence-corrected chi connectivity index (χ1v) is 4.61. The molecule has 13 heavy (non-hydrogen) atoms. The van der Waals surface area contributed by atoms with Crippen molar-refractivity contribution in [2.45, 2.75) is 13.3 Å². The van der Waals surface area contributed by atoms with Crippen molar-refractivity contribution in [2.24, 2.45) is 0 Å². The number of methoxy groups -OCH3 is 1. The molecule has 0 amide bonds. The SMILES string of the molecule is COc1c(C)ccc2c1CCN2C. The van der Waals surface area contributed by atoms with E-state index in [0.717, 1.165) is 18.7 Å². The molecule has 70 valence electrons. The number of benzene rings is 1. The third-order valence-electron chi connectivity index (χ3n) is 2.75. The number of likely N-dealkylation sites (N-methyl/N-ethyl adjacent to an activating group) is 1.